The molecule has 0 bridgehead atoms. The number of nitrogens with two attached hydrogens (primary N) is 1. The monoisotopic (exact) mass is 312 g/mol. The highest BCUT2D eigenvalue weighted by Gasteiger charge is 2.27. The molecule has 1 amide bonds. The number of rotatable bonds is 2. The van der Waals surface area contributed by atoms with Crippen LogP contribution >= 0.6 is 0 Å². The first-order valence-corrected chi connectivity index (χ1v) is 8.76. The molecule has 5 nitrogen and oxygen atoms in total. The van der Waals surface area contributed by atoms with Gasteiger partial charge in [-0.05, 0) is 50.3 Å². The summed E-state index contributed by atoms with van der Waals surface area (Å²) < 4.78 is 2.34. The molecule has 4 rings (SSSR count). The number of fused-ring (bicyclic) bond motifs is 3. The van der Waals surface area contributed by atoms with Crippen LogP contribution in [0, 0.1) is 5.92 Å². The molecule has 1 fully saturated rings. The second kappa shape index (κ2) is 5.96. The van der Waals surface area contributed by atoms with E-state index in [0.29, 0.717) is 0 Å². The lowest BCUT2D eigenvalue weighted by Crippen LogP contribution is -2.23. The van der Waals surface area contributed by atoms with E-state index >= 15 is 0 Å². The van der Waals surface area contributed by atoms with E-state index in [1.807, 2.05) is 12.1 Å². The number of hydrogen-bond donors (Lipinski definition) is 2. The molecule has 2 heterocycles. The van der Waals surface area contributed by atoms with Crippen molar-refractivity contribution in [1.82, 2.24) is 9.55 Å². The Morgan fingerprint density at radius 3 is 3.00 bits per heavy atom. The number of nitrogens with zero attached hydrogens (tertiary/aromatic N) is 2. The summed E-state index contributed by atoms with van der Waals surface area (Å²) in [6, 6.07) is 6.27. The number of benzene rings is 1. The molecular weight excluding hydrogens is 288 g/mol. The summed E-state index contributed by atoms with van der Waals surface area (Å²) in [6.07, 6.45) is 7.42. The first kappa shape index (κ1) is 14.7. The standard InChI is InChI=1S/C18H24N4O/c19-13-6-5-12(10-13)18(23)20-14-7-8-16-15(11-14)21-17-4-2-1-3-9-22(16)17/h7-8,11-13H,1-6,9-10,19H2,(H,20,23). The molecule has 0 saturated heterocycles. The Labute approximate surface area is 136 Å². The van der Waals surface area contributed by atoms with Gasteiger partial charge in [-0.2, -0.15) is 0 Å². The van der Waals surface area contributed by atoms with Crippen LogP contribution in [0.4, 0.5) is 5.69 Å². The van der Waals surface area contributed by atoms with Crippen molar-refractivity contribution in [2.24, 2.45) is 11.7 Å². The van der Waals surface area contributed by atoms with Crippen LogP contribution in [-0.4, -0.2) is 21.5 Å². The Hall–Kier alpha value is -1.88. The molecule has 3 N–H and O–H groups in total. The summed E-state index contributed by atoms with van der Waals surface area (Å²) in [5, 5.41) is 3.05. The Kier molecular flexibility index (Phi) is 3.81. The number of carbonyl (C=O) groups excluding carboxylic acids is 1. The van der Waals surface area contributed by atoms with Gasteiger partial charge in [0.15, 0.2) is 0 Å². The number of carbonyl (C=O) groups is 1. The maximum atomic E-state index is 12.3. The van der Waals surface area contributed by atoms with Crippen molar-refractivity contribution in [2.75, 3.05) is 5.32 Å². The van der Waals surface area contributed by atoms with E-state index in [1.165, 1.54) is 30.6 Å². The van der Waals surface area contributed by atoms with Crippen LogP contribution < -0.4 is 11.1 Å². The van der Waals surface area contributed by atoms with E-state index in [0.717, 1.165) is 43.4 Å². The van der Waals surface area contributed by atoms with Gasteiger partial charge in [0.1, 0.15) is 5.82 Å². The van der Waals surface area contributed by atoms with E-state index in [1.54, 1.807) is 0 Å². The predicted octanol–water partition coefficient (Wildman–Crippen LogP) is 2.83. The molecular formula is C18H24N4O. The molecule has 0 spiro atoms. The molecule has 1 aromatic heterocycles. The molecule has 1 aliphatic heterocycles. The third kappa shape index (κ3) is 2.85. The van der Waals surface area contributed by atoms with Gasteiger partial charge in [-0.3, -0.25) is 4.79 Å². The molecule has 122 valence electrons. The van der Waals surface area contributed by atoms with Gasteiger partial charge in [-0.25, -0.2) is 4.98 Å². The van der Waals surface area contributed by atoms with E-state index in [-0.39, 0.29) is 17.9 Å². The van der Waals surface area contributed by atoms with Gasteiger partial charge in [-0.15, -0.1) is 0 Å². The molecule has 2 aliphatic rings. The highest BCUT2D eigenvalue weighted by molar-refractivity contribution is 5.94. The minimum atomic E-state index is 0.0550. The molecule has 0 radical (unpaired) electrons. The largest absolute Gasteiger partial charge is 0.328 e. The summed E-state index contributed by atoms with van der Waals surface area (Å²) in [6.45, 7) is 1.05. The fourth-order valence-electron chi connectivity index (χ4n) is 3.93. The average molecular weight is 312 g/mol. The van der Waals surface area contributed by atoms with Crippen LogP contribution in [0.5, 0.6) is 0 Å². The van der Waals surface area contributed by atoms with Crippen molar-refractivity contribution in [3.63, 3.8) is 0 Å². The number of nitrogens with one attached hydrogen (secondary N) is 1. The number of imidazole rings is 1. The summed E-state index contributed by atoms with van der Waals surface area (Å²) in [5.41, 5.74) is 8.92. The van der Waals surface area contributed by atoms with Gasteiger partial charge >= 0.3 is 0 Å². The third-order valence-electron chi connectivity index (χ3n) is 5.22. The summed E-state index contributed by atoms with van der Waals surface area (Å²) in [7, 11) is 0. The van der Waals surface area contributed by atoms with Crippen LogP contribution in [0.1, 0.15) is 44.3 Å². The molecule has 23 heavy (non-hydrogen) atoms. The Bertz CT molecular complexity index is 736. The molecule has 2 atom stereocenters. The van der Waals surface area contributed by atoms with Crippen molar-refractivity contribution in [3.05, 3.63) is 24.0 Å². The van der Waals surface area contributed by atoms with Crippen molar-refractivity contribution in [3.8, 4) is 0 Å². The molecule has 2 unspecified atom stereocenters. The minimum absolute atomic E-state index is 0.0550. The predicted molar refractivity (Wildman–Crippen MR) is 91.2 cm³/mol. The van der Waals surface area contributed by atoms with Crippen molar-refractivity contribution < 1.29 is 4.79 Å². The number of hydrogen-bond acceptors (Lipinski definition) is 3. The van der Waals surface area contributed by atoms with Crippen molar-refractivity contribution in [1.29, 1.82) is 0 Å². The molecule has 5 heteroatoms. The Morgan fingerprint density at radius 1 is 1.26 bits per heavy atom. The number of amides is 1. The van der Waals surface area contributed by atoms with Gasteiger partial charge < -0.3 is 15.6 Å². The van der Waals surface area contributed by atoms with Crippen LogP contribution in [0.25, 0.3) is 11.0 Å². The van der Waals surface area contributed by atoms with Gasteiger partial charge in [0.2, 0.25) is 5.91 Å². The Balaban J connectivity index is 1.56. The summed E-state index contributed by atoms with van der Waals surface area (Å²) in [4.78, 5) is 17.1. The normalized spacial score (nSPS) is 24.4. The quantitative estimate of drug-likeness (QED) is 0.895. The number of aromatic nitrogens is 2. The SMILES string of the molecule is NC1CCC(C(=O)Nc2ccc3c(c2)nc2n3CCCCC2)C1. The highest BCUT2D eigenvalue weighted by atomic mass is 16.1. The van der Waals surface area contributed by atoms with Crippen molar-refractivity contribution >= 4 is 22.6 Å². The number of aryl methyl sites for hydroxylation is 2. The van der Waals surface area contributed by atoms with Crippen LogP contribution in [-0.2, 0) is 17.8 Å². The first-order chi connectivity index (χ1) is 11.2. The average Bonchev–Trinajstić information content (AvgIpc) is 3.03. The van der Waals surface area contributed by atoms with Crippen LogP contribution in [0.15, 0.2) is 18.2 Å². The lowest BCUT2D eigenvalue weighted by atomic mass is 10.1. The lowest BCUT2D eigenvalue weighted by Gasteiger charge is -2.11. The summed E-state index contributed by atoms with van der Waals surface area (Å²) >= 11 is 0. The van der Waals surface area contributed by atoms with Crippen LogP contribution in [0.2, 0.25) is 0 Å². The minimum Gasteiger partial charge on any atom is -0.328 e. The van der Waals surface area contributed by atoms with Gasteiger partial charge in [0.05, 0.1) is 11.0 Å². The van der Waals surface area contributed by atoms with Gasteiger partial charge in [0, 0.05) is 30.6 Å². The maximum absolute atomic E-state index is 12.3. The van der Waals surface area contributed by atoms with E-state index < -0.39 is 0 Å². The zero-order chi connectivity index (χ0) is 15.8. The summed E-state index contributed by atoms with van der Waals surface area (Å²) in [5.74, 6) is 1.33. The lowest BCUT2D eigenvalue weighted by molar-refractivity contribution is -0.119. The smallest absolute Gasteiger partial charge is 0.227 e. The van der Waals surface area contributed by atoms with E-state index in [9.17, 15) is 4.79 Å². The van der Waals surface area contributed by atoms with E-state index in [4.69, 9.17) is 10.7 Å². The first-order valence-electron chi connectivity index (χ1n) is 8.76. The zero-order valence-electron chi connectivity index (χ0n) is 13.4. The third-order valence-corrected chi connectivity index (χ3v) is 5.22. The van der Waals surface area contributed by atoms with Crippen molar-refractivity contribution in [2.45, 2.75) is 57.5 Å². The second-order valence-electron chi connectivity index (χ2n) is 6.95. The molecule has 2 aromatic rings. The van der Waals surface area contributed by atoms with E-state index in [2.05, 4.69) is 16.0 Å². The second-order valence-corrected chi connectivity index (χ2v) is 6.95. The molecule has 1 saturated carbocycles. The molecule has 1 aliphatic carbocycles. The zero-order valence-corrected chi connectivity index (χ0v) is 13.4. The fraction of sp³-hybridized carbons (Fsp3) is 0.556. The molecule has 1 aromatic carbocycles. The highest BCUT2D eigenvalue weighted by Crippen LogP contribution is 2.27. The Morgan fingerprint density at radius 2 is 2.17 bits per heavy atom. The van der Waals surface area contributed by atoms with Gasteiger partial charge in [0.25, 0.3) is 0 Å². The number of anilines is 1. The van der Waals surface area contributed by atoms with Crippen LogP contribution in [0.3, 0.4) is 0 Å². The maximum Gasteiger partial charge on any atom is 0.227 e. The topological polar surface area (TPSA) is 72.9 Å². The fourth-order valence-corrected chi connectivity index (χ4v) is 3.93. The van der Waals surface area contributed by atoms with Gasteiger partial charge in [-0.1, -0.05) is 6.42 Å².